The fourth-order valence-electron chi connectivity index (χ4n) is 1.83. The highest BCUT2D eigenvalue weighted by molar-refractivity contribution is 6.16. The van der Waals surface area contributed by atoms with Crippen molar-refractivity contribution in [2.24, 2.45) is 0 Å². The van der Waals surface area contributed by atoms with Gasteiger partial charge in [-0.15, -0.1) is 0 Å². The van der Waals surface area contributed by atoms with Gasteiger partial charge in [0.1, 0.15) is 11.8 Å². The maximum absolute atomic E-state index is 11.4. The SMILES string of the molecule is [O-][n+]1onc2c3ncnc3c3c(non3O)c21. The molecule has 3 aromatic heterocycles. The molecule has 0 saturated carbocycles. The molecule has 0 aliphatic heterocycles. The summed E-state index contributed by atoms with van der Waals surface area (Å²) in [6, 6.07) is 0. The molecule has 10 nitrogen and oxygen atoms in total. The Morgan fingerprint density at radius 2 is 2.00 bits per heavy atom. The van der Waals surface area contributed by atoms with Crippen LogP contribution in [0.15, 0.2) is 15.6 Å². The van der Waals surface area contributed by atoms with Crippen LogP contribution < -0.4 is 4.90 Å². The van der Waals surface area contributed by atoms with Crippen molar-refractivity contribution in [3.05, 3.63) is 11.5 Å². The van der Waals surface area contributed by atoms with Gasteiger partial charge in [-0.1, -0.05) is 0 Å². The summed E-state index contributed by atoms with van der Waals surface area (Å²) < 4.78 is 9.04. The van der Waals surface area contributed by atoms with E-state index in [1.165, 1.54) is 6.33 Å². The molecule has 0 spiro atoms. The topological polar surface area (TPSA) is 130 Å². The lowest BCUT2D eigenvalue weighted by Gasteiger charge is -1.90. The van der Waals surface area contributed by atoms with Crippen molar-refractivity contribution in [2.45, 2.75) is 0 Å². The summed E-state index contributed by atoms with van der Waals surface area (Å²) in [4.78, 5) is 8.50. The largest absolute Gasteiger partial charge is 0.398 e. The lowest BCUT2D eigenvalue weighted by Crippen LogP contribution is -2.22. The van der Waals surface area contributed by atoms with Gasteiger partial charge in [-0.2, -0.15) is 0 Å². The molecule has 4 rings (SSSR count). The molecular weight excluding hydrogens is 232 g/mol. The van der Waals surface area contributed by atoms with E-state index in [0.29, 0.717) is 15.9 Å². The van der Waals surface area contributed by atoms with E-state index in [4.69, 9.17) is 0 Å². The van der Waals surface area contributed by atoms with Gasteiger partial charge in [0.15, 0.2) is 16.6 Å². The Kier molecular flexibility index (Phi) is 1.18. The summed E-state index contributed by atoms with van der Waals surface area (Å²) in [5, 5.41) is 28.0. The van der Waals surface area contributed by atoms with Gasteiger partial charge in [0.25, 0.3) is 11.0 Å². The van der Waals surface area contributed by atoms with E-state index in [1.807, 2.05) is 0 Å². The normalized spacial score (nSPS) is 12.0. The molecule has 0 unspecified atom stereocenters. The maximum atomic E-state index is 11.4. The number of nitrogens with zero attached hydrogens (tertiary/aromatic N) is 6. The zero-order valence-electron chi connectivity index (χ0n) is 7.93. The van der Waals surface area contributed by atoms with Crippen LogP contribution in [0.3, 0.4) is 0 Å². The van der Waals surface area contributed by atoms with Crippen molar-refractivity contribution in [1.82, 2.24) is 25.2 Å². The minimum atomic E-state index is 0.0320. The smallest absolute Gasteiger partial charge is 0.278 e. The first-order chi connectivity index (χ1) is 8.27. The Balaban J connectivity index is 2.52. The molecule has 84 valence electrons. The Labute approximate surface area is 90.1 Å². The van der Waals surface area contributed by atoms with Crippen LogP contribution in [0.25, 0.3) is 33.1 Å². The van der Waals surface area contributed by atoms with Gasteiger partial charge < -0.3 is 10.4 Å². The van der Waals surface area contributed by atoms with Crippen molar-refractivity contribution < 1.29 is 19.4 Å². The molecule has 4 aromatic rings. The van der Waals surface area contributed by atoms with Crippen LogP contribution in [0.4, 0.5) is 0 Å². The van der Waals surface area contributed by atoms with Gasteiger partial charge in [0, 0.05) is 5.16 Å². The second kappa shape index (κ2) is 2.42. The summed E-state index contributed by atoms with van der Waals surface area (Å²) in [7, 11) is 0. The average Bonchev–Trinajstić information content (AvgIpc) is 2.96. The zero-order valence-corrected chi connectivity index (χ0v) is 7.93. The van der Waals surface area contributed by atoms with Crippen molar-refractivity contribution in [3.8, 4) is 0 Å². The third-order valence-corrected chi connectivity index (χ3v) is 2.51. The number of fused-ring (bicyclic) bond motifs is 6. The highest BCUT2D eigenvalue weighted by Crippen LogP contribution is 2.28. The highest BCUT2D eigenvalue weighted by Gasteiger charge is 2.26. The molecule has 0 aliphatic carbocycles. The molecule has 3 heterocycles. The lowest BCUT2D eigenvalue weighted by atomic mass is 10.2. The minimum Gasteiger partial charge on any atom is -0.398 e. The minimum absolute atomic E-state index is 0.0320. The summed E-state index contributed by atoms with van der Waals surface area (Å²) in [6.45, 7) is 0. The quantitative estimate of drug-likeness (QED) is 0.320. The fraction of sp³-hybridized carbons (Fsp3) is 0. The fourth-order valence-corrected chi connectivity index (χ4v) is 1.83. The maximum Gasteiger partial charge on any atom is 0.278 e. The molecule has 0 aliphatic rings. The summed E-state index contributed by atoms with van der Waals surface area (Å²) in [5.41, 5.74) is 1.14. The Morgan fingerprint density at radius 3 is 2.88 bits per heavy atom. The molecule has 0 amide bonds. The van der Waals surface area contributed by atoms with E-state index in [9.17, 15) is 10.4 Å². The van der Waals surface area contributed by atoms with E-state index in [-0.39, 0.29) is 27.0 Å². The van der Waals surface area contributed by atoms with Gasteiger partial charge in [-0.25, -0.2) is 14.6 Å². The Bertz CT molecular complexity index is 840. The van der Waals surface area contributed by atoms with Crippen LogP contribution in [-0.2, 0) is 0 Å². The number of hydrogen-bond acceptors (Lipinski definition) is 8. The number of benzene rings is 1. The molecule has 0 bridgehead atoms. The van der Waals surface area contributed by atoms with Crippen LogP contribution in [0.2, 0.25) is 0 Å². The van der Waals surface area contributed by atoms with E-state index < -0.39 is 0 Å². The predicted molar refractivity (Wildman–Crippen MR) is 48.8 cm³/mol. The zero-order chi connectivity index (χ0) is 11.6. The summed E-state index contributed by atoms with van der Waals surface area (Å²) in [6.07, 6.45) is 1.28. The molecule has 17 heavy (non-hydrogen) atoms. The molecule has 0 saturated heterocycles. The first kappa shape index (κ1) is 8.27. The number of aromatic nitrogens is 6. The first-order valence-corrected chi connectivity index (χ1v) is 4.47. The second-order valence-corrected chi connectivity index (χ2v) is 3.34. The van der Waals surface area contributed by atoms with Gasteiger partial charge in [0.2, 0.25) is 0 Å². The number of rotatable bonds is 0. The number of imidazole rings is 1. The van der Waals surface area contributed by atoms with E-state index in [2.05, 4.69) is 29.5 Å². The first-order valence-electron chi connectivity index (χ1n) is 4.47. The molecule has 1 N–H and O–H groups in total. The molecular formula is C7H2N6O4. The molecule has 0 fully saturated rings. The third-order valence-electron chi connectivity index (χ3n) is 2.51. The van der Waals surface area contributed by atoms with Crippen LogP contribution in [-0.4, -0.2) is 30.4 Å². The molecule has 0 radical (unpaired) electrons. The van der Waals surface area contributed by atoms with Crippen LogP contribution in [0.5, 0.6) is 0 Å². The van der Waals surface area contributed by atoms with Gasteiger partial charge in [-0.05, 0) is 15.0 Å². The van der Waals surface area contributed by atoms with Gasteiger partial charge in [0.05, 0.1) is 0 Å². The summed E-state index contributed by atoms with van der Waals surface area (Å²) in [5.74, 6) is 0. The van der Waals surface area contributed by atoms with E-state index in [0.717, 1.165) is 0 Å². The molecule has 10 heteroatoms. The van der Waals surface area contributed by atoms with Gasteiger partial charge >= 0.3 is 0 Å². The monoisotopic (exact) mass is 234 g/mol. The van der Waals surface area contributed by atoms with Crippen LogP contribution >= 0.6 is 0 Å². The van der Waals surface area contributed by atoms with Crippen molar-refractivity contribution in [3.63, 3.8) is 0 Å². The van der Waals surface area contributed by atoms with E-state index in [1.54, 1.807) is 0 Å². The van der Waals surface area contributed by atoms with Crippen molar-refractivity contribution in [1.29, 1.82) is 0 Å². The van der Waals surface area contributed by atoms with E-state index >= 15 is 0 Å². The Morgan fingerprint density at radius 1 is 1.18 bits per heavy atom. The third kappa shape index (κ3) is 0.792. The summed E-state index contributed by atoms with van der Waals surface area (Å²) >= 11 is 0. The lowest BCUT2D eigenvalue weighted by molar-refractivity contribution is -0.781. The average molecular weight is 234 g/mol. The van der Waals surface area contributed by atoms with Crippen LogP contribution in [0, 0.1) is 5.21 Å². The predicted octanol–water partition coefficient (Wildman–Crippen LogP) is -0.416. The van der Waals surface area contributed by atoms with Gasteiger partial charge in [-0.3, -0.25) is 4.63 Å². The standard InChI is InChI=1S/C7H2N6O4/c14-12-6-3-2(8-1-9-3)4-7(5(6)11-17-12)13(15)16-10-4/h1,14H. The highest BCUT2D eigenvalue weighted by atomic mass is 16.8. The molecule has 0 atom stereocenters. The van der Waals surface area contributed by atoms with Crippen molar-refractivity contribution in [2.75, 3.05) is 0 Å². The number of hydrogen-bond donors (Lipinski definition) is 1. The van der Waals surface area contributed by atoms with Crippen molar-refractivity contribution >= 4 is 33.1 Å². The second-order valence-electron chi connectivity index (χ2n) is 3.34. The van der Waals surface area contributed by atoms with Crippen LogP contribution in [0.1, 0.15) is 0 Å². The molecule has 1 aromatic carbocycles. The Hall–Kier alpha value is -2.91.